The Bertz CT molecular complexity index is 649. The van der Waals surface area contributed by atoms with Gasteiger partial charge in [0.15, 0.2) is 0 Å². The van der Waals surface area contributed by atoms with E-state index in [2.05, 4.69) is 15.3 Å². The van der Waals surface area contributed by atoms with Crippen LogP contribution < -0.4 is 5.32 Å². The highest BCUT2D eigenvalue weighted by atomic mass is 35.5. The quantitative estimate of drug-likeness (QED) is 0.894. The third kappa shape index (κ3) is 3.34. The number of carbonyl (C=O) groups excluding carboxylic acids is 1. The number of carbonyl (C=O) groups is 1. The van der Waals surface area contributed by atoms with Crippen LogP contribution in [0.5, 0.6) is 0 Å². The number of nitrogens with zero attached hydrogens (tertiary/aromatic N) is 2. The molecule has 5 nitrogen and oxygen atoms in total. The van der Waals surface area contributed by atoms with E-state index in [0.29, 0.717) is 23.1 Å². The number of imidazole rings is 1. The Morgan fingerprint density at radius 1 is 1.50 bits per heavy atom. The molecule has 0 spiro atoms. The third-order valence-corrected chi connectivity index (χ3v) is 3.80. The molecule has 1 aliphatic heterocycles. The Labute approximate surface area is 140 Å². The second-order valence-corrected chi connectivity index (χ2v) is 5.10. The Morgan fingerprint density at radius 3 is 3.00 bits per heavy atom. The van der Waals surface area contributed by atoms with Gasteiger partial charge in [-0.2, -0.15) is 0 Å². The molecule has 2 aromatic rings. The molecule has 0 aliphatic carbocycles. The van der Waals surface area contributed by atoms with Gasteiger partial charge in [0.05, 0.1) is 17.4 Å². The van der Waals surface area contributed by atoms with E-state index in [0.717, 1.165) is 19.4 Å². The largest absolute Gasteiger partial charge is 0.344 e. The van der Waals surface area contributed by atoms with Gasteiger partial charge >= 0.3 is 0 Å². The second kappa shape index (κ2) is 7.76. The fourth-order valence-electron chi connectivity index (χ4n) is 2.88. The summed E-state index contributed by atoms with van der Waals surface area (Å²) in [5.41, 5.74) is 1.42. The van der Waals surface area contributed by atoms with Crippen LogP contribution >= 0.6 is 24.8 Å². The van der Waals surface area contributed by atoms with E-state index in [1.165, 1.54) is 18.5 Å². The van der Waals surface area contributed by atoms with Gasteiger partial charge in [-0.25, -0.2) is 9.37 Å². The number of benzene rings is 1. The van der Waals surface area contributed by atoms with E-state index in [-0.39, 0.29) is 36.8 Å². The lowest BCUT2D eigenvalue weighted by atomic mass is 10.1. The summed E-state index contributed by atoms with van der Waals surface area (Å²) in [6.07, 6.45) is 3.44. The van der Waals surface area contributed by atoms with Crippen molar-refractivity contribution < 1.29 is 9.18 Å². The molecule has 1 fully saturated rings. The van der Waals surface area contributed by atoms with Crippen molar-refractivity contribution in [3.63, 3.8) is 0 Å². The summed E-state index contributed by atoms with van der Waals surface area (Å²) in [5.74, 6) is -0.561. The van der Waals surface area contributed by atoms with E-state index in [1.54, 1.807) is 0 Å². The van der Waals surface area contributed by atoms with Crippen LogP contribution in [0.4, 0.5) is 4.39 Å². The highest BCUT2D eigenvalue weighted by molar-refractivity contribution is 6.05. The number of fused-ring (bicyclic) bond motifs is 1. The number of rotatable bonds is 3. The normalized spacial score (nSPS) is 17.2. The molecule has 3 rings (SSSR count). The van der Waals surface area contributed by atoms with Gasteiger partial charge in [0.2, 0.25) is 0 Å². The van der Waals surface area contributed by atoms with Gasteiger partial charge < -0.3 is 15.2 Å². The van der Waals surface area contributed by atoms with Crippen molar-refractivity contribution in [1.29, 1.82) is 0 Å². The average molecular weight is 349 g/mol. The predicted molar refractivity (Wildman–Crippen MR) is 88.5 cm³/mol. The summed E-state index contributed by atoms with van der Waals surface area (Å²) in [5, 5.41) is 3.10. The number of H-pyrrole nitrogens is 1. The first-order chi connectivity index (χ1) is 9.70. The monoisotopic (exact) mass is 348 g/mol. The third-order valence-electron chi connectivity index (χ3n) is 3.80. The summed E-state index contributed by atoms with van der Waals surface area (Å²) in [6.45, 7) is 1.47. The molecule has 0 radical (unpaired) electrons. The Morgan fingerprint density at radius 2 is 2.27 bits per heavy atom. The maximum atomic E-state index is 13.6. The Balaban J connectivity index is 0.00000121. The smallest absolute Gasteiger partial charge is 0.256 e. The molecule has 8 heteroatoms. The highest BCUT2D eigenvalue weighted by Crippen LogP contribution is 2.24. The van der Waals surface area contributed by atoms with Crippen molar-refractivity contribution in [2.75, 3.05) is 20.1 Å². The zero-order valence-corrected chi connectivity index (χ0v) is 13.8. The van der Waals surface area contributed by atoms with Crippen LogP contribution in [0.25, 0.3) is 11.0 Å². The maximum absolute atomic E-state index is 13.6. The van der Waals surface area contributed by atoms with Crippen molar-refractivity contribution in [3.8, 4) is 0 Å². The van der Waals surface area contributed by atoms with E-state index in [9.17, 15) is 9.18 Å². The van der Waals surface area contributed by atoms with Gasteiger partial charge in [-0.15, -0.1) is 24.8 Å². The van der Waals surface area contributed by atoms with Crippen LogP contribution in [0.3, 0.4) is 0 Å². The van der Waals surface area contributed by atoms with Crippen LogP contribution in [0.15, 0.2) is 18.5 Å². The standard InChI is InChI=1S/C14H17FN4O.2ClH/c1-16-7-10-3-2-4-19(10)14(20)11-5-9(15)6-12-13(11)18-8-17-12;;/h5-6,8,10,16H,2-4,7H2,1H3,(H,17,18);2*1H. The fourth-order valence-corrected chi connectivity index (χ4v) is 2.88. The lowest BCUT2D eigenvalue weighted by molar-refractivity contribution is 0.0738. The average Bonchev–Trinajstić information content (AvgIpc) is 3.05. The molecule has 122 valence electrons. The number of halogens is 3. The van der Waals surface area contributed by atoms with E-state index < -0.39 is 5.82 Å². The number of hydrogen-bond acceptors (Lipinski definition) is 3. The van der Waals surface area contributed by atoms with Gasteiger partial charge in [0, 0.05) is 19.1 Å². The van der Waals surface area contributed by atoms with Crippen LogP contribution in [0, 0.1) is 5.82 Å². The molecule has 1 atom stereocenters. The number of nitrogens with one attached hydrogen (secondary N) is 2. The van der Waals surface area contributed by atoms with Crippen molar-refractivity contribution in [2.45, 2.75) is 18.9 Å². The van der Waals surface area contributed by atoms with Gasteiger partial charge in [0.25, 0.3) is 5.91 Å². The Kier molecular flexibility index (Phi) is 6.59. The molecule has 1 unspecified atom stereocenters. The van der Waals surface area contributed by atoms with Crippen molar-refractivity contribution >= 4 is 41.8 Å². The number of aromatic amines is 1. The topological polar surface area (TPSA) is 61.0 Å². The minimum Gasteiger partial charge on any atom is -0.344 e. The number of likely N-dealkylation sites (tertiary alicyclic amines) is 1. The first kappa shape index (κ1) is 18.7. The zero-order valence-electron chi connectivity index (χ0n) is 12.1. The lowest BCUT2D eigenvalue weighted by Gasteiger charge is -2.24. The van der Waals surface area contributed by atoms with E-state index >= 15 is 0 Å². The molecule has 2 N–H and O–H groups in total. The molecule has 2 heterocycles. The highest BCUT2D eigenvalue weighted by Gasteiger charge is 2.30. The van der Waals surface area contributed by atoms with Crippen LogP contribution in [-0.2, 0) is 0 Å². The van der Waals surface area contributed by atoms with E-state index in [1.807, 2.05) is 11.9 Å². The molecule has 0 bridgehead atoms. The molecule has 1 saturated heterocycles. The number of amides is 1. The van der Waals surface area contributed by atoms with Gasteiger partial charge in [-0.3, -0.25) is 4.79 Å². The fraction of sp³-hybridized carbons (Fsp3) is 0.429. The molecular formula is C14H19Cl2FN4O. The van der Waals surface area contributed by atoms with E-state index in [4.69, 9.17) is 0 Å². The van der Waals surface area contributed by atoms with Crippen LogP contribution in [0.2, 0.25) is 0 Å². The van der Waals surface area contributed by atoms with Crippen molar-refractivity contribution in [3.05, 3.63) is 29.8 Å². The SMILES string of the molecule is CNCC1CCCN1C(=O)c1cc(F)cc2[nH]cnc12.Cl.Cl. The van der Waals surface area contributed by atoms with Gasteiger partial charge in [0.1, 0.15) is 11.3 Å². The lowest BCUT2D eigenvalue weighted by Crippen LogP contribution is -2.40. The summed E-state index contributed by atoms with van der Waals surface area (Å²) in [7, 11) is 1.87. The van der Waals surface area contributed by atoms with Crippen molar-refractivity contribution in [2.24, 2.45) is 0 Å². The minimum atomic E-state index is -0.422. The molecule has 1 aliphatic rings. The number of likely N-dealkylation sites (N-methyl/N-ethyl adjacent to an activating group) is 1. The maximum Gasteiger partial charge on any atom is 0.256 e. The zero-order chi connectivity index (χ0) is 14.1. The molecule has 0 saturated carbocycles. The first-order valence-electron chi connectivity index (χ1n) is 6.79. The molecule has 1 aromatic heterocycles. The van der Waals surface area contributed by atoms with Gasteiger partial charge in [-0.1, -0.05) is 0 Å². The summed E-state index contributed by atoms with van der Waals surface area (Å²) >= 11 is 0. The van der Waals surface area contributed by atoms with Crippen molar-refractivity contribution in [1.82, 2.24) is 20.2 Å². The van der Waals surface area contributed by atoms with Gasteiger partial charge in [-0.05, 0) is 32.0 Å². The molecular weight excluding hydrogens is 330 g/mol. The second-order valence-electron chi connectivity index (χ2n) is 5.10. The summed E-state index contributed by atoms with van der Waals surface area (Å²) in [4.78, 5) is 21.5. The molecule has 22 heavy (non-hydrogen) atoms. The summed E-state index contributed by atoms with van der Waals surface area (Å²) < 4.78 is 13.6. The summed E-state index contributed by atoms with van der Waals surface area (Å²) in [6, 6.07) is 2.80. The number of hydrogen-bond donors (Lipinski definition) is 2. The molecule has 1 aromatic carbocycles. The number of aromatic nitrogens is 2. The Hall–Kier alpha value is -1.37. The minimum absolute atomic E-state index is 0. The van der Waals surface area contributed by atoms with Crippen LogP contribution in [0.1, 0.15) is 23.2 Å². The molecule has 1 amide bonds. The first-order valence-corrected chi connectivity index (χ1v) is 6.79. The predicted octanol–water partition coefficient (Wildman–Crippen LogP) is 2.37. The van der Waals surface area contributed by atoms with Crippen LogP contribution in [-0.4, -0.2) is 47.0 Å².